The van der Waals surface area contributed by atoms with Crippen molar-refractivity contribution in [2.24, 2.45) is 0 Å². The summed E-state index contributed by atoms with van der Waals surface area (Å²) in [6, 6.07) is 102. The van der Waals surface area contributed by atoms with E-state index in [-0.39, 0.29) is 17.5 Å². The minimum atomic E-state index is -2.35. The summed E-state index contributed by atoms with van der Waals surface area (Å²) in [5.74, 6) is 0. The molecule has 0 saturated heterocycles. The minimum Gasteiger partial charge on any atom is -0.194 e. The molecule has 0 spiro atoms. The zero-order valence-corrected chi connectivity index (χ0v) is 57.6. The lowest BCUT2D eigenvalue weighted by Crippen LogP contribution is -2.36. The molecule has 10 aromatic carbocycles. The van der Waals surface area contributed by atoms with Gasteiger partial charge in [-0.05, 0) is 159 Å². The van der Waals surface area contributed by atoms with E-state index in [0.717, 1.165) is 92.5 Å². The molecule has 0 amide bonds. The van der Waals surface area contributed by atoms with Crippen molar-refractivity contribution in [2.45, 2.75) is 87.3 Å². The summed E-state index contributed by atoms with van der Waals surface area (Å²) in [5.41, 5.74) is 31.5. The van der Waals surface area contributed by atoms with E-state index in [9.17, 15) is 0 Å². The van der Waals surface area contributed by atoms with Gasteiger partial charge in [-0.3, -0.25) is 0 Å². The Morgan fingerprint density at radius 1 is 0.272 bits per heavy atom. The van der Waals surface area contributed by atoms with E-state index in [4.69, 9.17) is 20.6 Å². The molecule has 5 heteroatoms. The van der Waals surface area contributed by atoms with Crippen molar-refractivity contribution in [2.75, 3.05) is 0 Å². The van der Waals surface area contributed by atoms with Crippen LogP contribution in [0.15, 0.2) is 322 Å². The lowest BCUT2D eigenvalue weighted by molar-refractivity contribution is -0.672. The highest BCUT2D eigenvalue weighted by atomic mass is 15.0. The molecule has 5 aliphatic rings. The summed E-state index contributed by atoms with van der Waals surface area (Å²) in [4.78, 5) is 0. The average molecular weight is 1350 g/mol. The molecule has 5 aromatic heterocycles. The summed E-state index contributed by atoms with van der Waals surface area (Å²) in [6.45, 7) is -2.78. The molecule has 20 rings (SSSR count). The first-order chi connectivity index (χ1) is 56.6. The molecule has 5 aliphatic heterocycles. The van der Waals surface area contributed by atoms with E-state index in [1.165, 1.54) is 72.7 Å². The highest BCUT2D eigenvalue weighted by Crippen LogP contribution is 2.39. The van der Waals surface area contributed by atoms with E-state index in [1.54, 1.807) is 48.5 Å². The monoisotopic (exact) mass is 1350 g/mol. The second-order valence-electron chi connectivity index (χ2n) is 26.7. The topological polar surface area (TPSA) is 19.4 Å². The van der Waals surface area contributed by atoms with E-state index in [1.807, 2.05) is 144 Å². The number of hydrogen-bond acceptors (Lipinski definition) is 0. The van der Waals surface area contributed by atoms with Gasteiger partial charge in [-0.25, -0.2) is 0 Å². The molecule has 0 aliphatic carbocycles. The van der Waals surface area contributed by atoms with Crippen molar-refractivity contribution in [3.8, 4) is 112 Å². The van der Waals surface area contributed by atoms with Gasteiger partial charge in [0.1, 0.15) is 0 Å². The molecule has 0 radical (unpaired) electrons. The second kappa shape index (κ2) is 28.5. The molecular formula is C98H86N5+5. The molecule has 0 fully saturated rings. The number of fused-ring (bicyclic) bond motifs is 15. The maximum atomic E-state index is 7.99. The summed E-state index contributed by atoms with van der Waals surface area (Å²) in [5, 5.41) is 0. The Bertz CT molecular complexity index is 6340. The van der Waals surface area contributed by atoms with Crippen molar-refractivity contribution in [3.05, 3.63) is 389 Å². The fourth-order valence-electron chi connectivity index (χ4n) is 15.5. The third-order valence-electron chi connectivity index (χ3n) is 20.5. The van der Waals surface area contributed by atoms with Crippen molar-refractivity contribution < 1.29 is 43.4 Å². The normalized spacial score (nSPS) is 14.8. The Morgan fingerprint density at radius 2 is 0.689 bits per heavy atom. The zero-order valence-electron chi connectivity index (χ0n) is 72.6. The number of aromatic nitrogens is 5. The maximum Gasteiger partial charge on any atom is 0.216 e. The first kappa shape index (κ1) is 50.3. The number of nitrogens with zero attached hydrogens (tertiary/aromatic N) is 5. The Morgan fingerprint density at radius 3 is 1.26 bits per heavy atom. The van der Waals surface area contributed by atoms with Crippen LogP contribution < -0.4 is 22.8 Å². The van der Waals surface area contributed by atoms with Crippen LogP contribution in [0, 0.1) is 41.3 Å². The van der Waals surface area contributed by atoms with Crippen molar-refractivity contribution >= 4 is 0 Å². The third-order valence-corrected chi connectivity index (χ3v) is 20.5. The molecule has 0 unspecified atom stereocenters. The Labute approximate surface area is 628 Å². The highest BCUT2D eigenvalue weighted by molar-refractivity contribution is 5.79. The van der Waals surface area contributed by atoms with Crippen LogP contribution in [-0.2, 0) is 39.1 Å². The van der Waals surface area contributed by atoms with Crippen LogP contribution in [0.5, 0.6) is 0 Å². The van der Waals surface area contributed by atoms with Crippen LogP contribution in [0.4, 0.5) is 0 Å². The summed E-state index contributed by atoms with van der Waals surface area (Å²) < 4.78 is 129. The maximum absolute atomic E-state index is 7.99. The SMILES string of the molecule is Cc1ccccc1-c1cccc2[n+]1Cc1ccccc1-2.[2H]C([2H])([2H])Cc1cc2[n+](cc1-c1ccccc1)Cc1ccccc1-2.[2H]C([2H])([2H])c1ccc2[n+](c1-c1ccccc1)Cc1ccccc1-2.[2H]C([2H])([2H])c1ccccc1-c1c(C([2H])([2H])[2H])ccc2[n+]1Cc1ccccc1-2.[2H]C([2H])([2H])c1ccccc1-c1cc[n+]2c(c1C)-c1ccccc1C2. The fourth-order valence-corrected chi connectivity index (χ4v) is 15.5. The summed E-state index contributed by atoms with van der Waals surface area (Å²) in [7, 11) is 0. The smallest absolute Gasteiger partial charge is 0.194 e. The molecule has 498 valence electrons. The van der Waals surface area contributed by atoms with Gasteiger partial charge < -0.3 is 0 Å². The molecule has 5 nitrogen and oxygen atoms in total. The van der Waals surface area contributed by atoms with Crippen LogP contribution in [0.25, 0.3) is 112 Å². The molecule has 0 bridgehead atoms. The predicted molar refractivity (Wildman–Crippen MR) is 421 cm³/mol. The molecule has 10 heterocycles. The highest BCUT2D eigenvalue weighted by Gasteiger charge is 2.35. The van der Waals surface area contributed by atoms with Crippen LogP contribution >= 0.6 is 0 Å². The Hall–Kier alpha value is -12.1. The molecule has 0 saturated carbocycles. The summed E-state index contributed by atoms with van der Waals surface area (Å²) in [6.07, 6.45) is 4.24. The number of benzene rings is 10. The largest absolute Gasteiger partial charge is 0.216 e. The predicted octanol–water partition coefficient (Wildman–Crippen LogP) is 20.8. The molecular weight excluding hydrogens is 1250 g/mol. The van der Waals surface area contributed by atoms with Crippen molar-refractivity contribution in [1.29, 1.82) is 0 Å². The van der Waals surface area contributed by atoms with E-state index >= 15 is 0 Å². The lowest BCUT2D eigenvalue weighted by atomic mass is 9.94. The van der Waals surface area contributed by atoms with E-state index < -0.39 is 34.3 Å². The van der Waals surface area contributed by atoms with Crippen LogP contribution in [0.3, 0.4) is 0 Å². The van der Waals surface area contributed by atoms with Crippen LogP contribution in [0.2, 0.25) is 0 Å². The van der Waals surface area contributed by atoms with Gasteiger partial charge in [0.05, 0.1) is 27.8 Å². The number of aryl methyl sites for hydroxylation is 6. The van der Waals surface area contributed by atoms with Gasteiger partial charge in [0.2, 0.25) is 45.6 Å². The number of pyridine rings is 5. The van der Waals surface area contributed by atoms with E-state index in [2.05, 4.69) is 166 Å². The van der Waals surface area contributed by atoms with Crippen molar-refractivity contribution in [1.82, 2.24) is 0 Å². The first-order valence-electron chi connectivity index (χ1n) is 42.6. The number of hydrogen-bond donors (Lipinski definition) is 0. The molecule has 0 N–H and O–H groups in total. The minimum absolute atomic E-state index is 0.0766. The number of rotatable bonds is 6. The van der Waals surface area contributed by atoms with Gasteiger partial charge in [-0.1, -0.05) is 207 Å². The Kier molecular flexibility index (Phi) is 13.9. The first-order valence-corrected chi connectivity index (χ1v) is 35.1. The zero-order chi connectivity index (χ0) is 82.6. The van der Waals surface area contributed by atoms with Gasteiger partial charge in [-0.2, -0.15) is 22.8 Å². The quantitative estimate of drug-likeness (QED) is 0.148. The van der Waals surface area contributed by atoms with Gasteiger partial charge >= 0.3 is 0 Å². The van der Waals surface area contributed by atoms with Crippen molar-refractivity contribution in [3.63, 3.8) is 0 Å². The molecule has 103 heavy (non-hydrogen) atoms. The third kappa shape index (κ3) is 12.6. The van der Waals surface area contributed by atoms with Crippen LogP contribution in [0.1, 0.15) is 94.2 Å². The van der Waals surface area contributed by atoms with Crippen LogP contribution in [-0.4, -0.2) is 0 Å². The Balaban J connectivity index is 0.000000111. The van der Waals surface area contributed by atoms with E-state index in [0.29, 0.717) is 35.5 Å². The van der Waals surface area contributed by atoms with Gasteiger partial charge in [0.15, 0.2) is 45.1 Å². The van der Waals surface area contributed by atoms with Gasteiger partial charge in [-0.15, -0.1) is 0 Å². The van der Waals surface area contributed by atoms with Gasteiger partial charge in [0, 0.05) is 124 Å². The summed E-state index contributed by atoms with van der Waals surface area (Å²) >= 11 is 0. The average Bonchev–Trinajstić information content (AvgIpc) is 1.51. The lowest BCUT2D eigenvalue weighted by Gasteiger charge is -2.10. The molecule has 0 atom stereocenters. The van der Waals surface area contributed by atoms with Gasteiger partial charge in [0.25, 0.3) is 0 Å². The molecule has 15 aromatic rings. The fraction of sp³-hybridized carbons (Fsp3) is 0.133. The second-order valence-corrected chi connectivity index (χ2v) is 26.7. The standard InChI is InChI=1S/3C20H18N.2C19H16N/c1-14-7-3-5-9-17(14)18-11-12-21-13-16-8-4-6-10-19(16)20(21)15(18)2;1-14-7-3-5-9-17(14)20-15(2)11-12-19-18-10-6-4-8-16(18)13-21(19)20;1-2-15-12-20-18-11-7-6-10-17(18)13-21(20)14-19(15)16-8-4-3-5-9-16;1-14-7-2-4-9-16(14)18-11-6-12-19-17-10-5-3-8-15(17)13-20(18)19;1-14-11-12-18-17-10-6-5-9-16(17)13-20(18)19(14)15-7-3-2-4-8-15/h2*3-12H,13H2,1-2H3;3-12,14H,2,13H2,1H3;2*2-12H,13H2,1H3/q5*+1/i1D3;1D3,2D3;1D3;;1D3.